The van der Waals surface area contributed by atoms with Gasteiger partial charge in [0, 0.05) is 10.8 Å². The van der Waals surface area contributed by atoms with E-state index in [1.807, 2.05) is 12.2 Å². The van der Waals surface area contributed by atoms with Crippen molar-refractivity contribution in [1.29, 1.82) is 0 Å². The molecule has 2 saturated heterocycles. The fourth-order valence-electron chi connectivity index (χ4n) is 10.1. The number of imide groups is 2. The average molecular weight is 517 g/mol. The van der Waals surface area contributed by atoms with E-state index in [2.05, 4.69) is 48.1 Å². The molecule has 8 unspecified atom stereocenters. The van der Waals surface area contributed by atoms with Crippen LogP contribution in [0.2, 0.25) is 0 Å². The monoisotopic (exact) mass is 516 g/mol. The minimum absolute atomic E-state index is 0.0760. The molecule has 0 spiro atoms. The molecule has 2 N–H and O–H groups in total. The fourth-order valence-corrected chi connectivity index (χ4v) is 10.1. The Kier molecular flexibility index (Phi) is 5.97. The molecule has 2 aliphatic heterocycles. The fraction of sp³-hybridized carbons (Fsp3) is 0.625. The molecule has 0 aromatic heterocycles. The molecular weight excluding hydrogens is 476 g/mol. The first-order chi connectivity index (χ1) is 18.3. The SMILES string of the molecule is C=CCCC12C(=O)NC(=O)C1C1C=CC2(CCCCCCC23C=CC(C2)C2C(=O)NC(=O)C23CCC=C)C1. The molecule has 6 aliphatic rings. The van der Waals surface area contributed by atoms with E-state index in [0.29, 0.717) is 12.8 Å². The number of carbonyl (C=O) groups excluding carboxylic acids is 4. The van der Waals surface area contributed by atoms with Crippen LogP contribution >= 0.6 is 0 Å². The molecular formula is C32H40N2O4. The van der Waals surface area contributed by atoms with E-state index in [1.165, 1.54) is 0 Å². The van der Waals surface area contributed by atoms with Gasteiger partial charge in [-0.15, -0.1) is 13.2 Å². The zero-order valence-corrected chi connectivity index (χ0v) is 22.3. The lowest BCUT2D eigenvalue weighted by Crippen LogP contribution is -2.46. The first-order valence-electron chi connectivity index (χ1n) is 14.6. The van der Waals surface area contributed by atoms with E-state index in [1.54, 1.807) is 0 Å². The van der Waals surface area contributed by atoms with Crippen molar-refractivity contribution in [3.63, 3.8) is 0 Å². The lowest BCUT2D eigenvalue weighted by atomic mass is 9.57. The molecule has 4 bridgehead atoms. The molecule has 2 heterocycles. The number of fused-ring (bicyclic) bond motifs is 10. The van der Waals surface area contributed by atoms with E-state index in [-0.39, 0.29) is 58.1 Å². The summed E-state index contributed by atoms with van der Waals surface area (Å²) < 4.78 is 0. The van der Waals surface area contributed by atoms with Crippen molar-refractivity contribution in [3.05, 3.63) is 49.6 Å². The van der Waals surface area contributed by atoms with Gasteiger partial charge < -0.3 is 0 Å². The van der Waals surface area contributed by atoms with Crippen LogP contribution in [-0.4, -0.2) is 23.6 Å². The maximum absolute atomic E-state index is 13.2. The standard InChI is InChI=1S/C32H40N2O4/c1-3-5-15-31-23(25(35)33-27(31)37)21-11-17-29(31,19-21)13-9-7-8-10-14-30-18-12-22(20-30)24-26(36)34-28(38)32(24,30)16-6-4-2/h3-4,11-12,17-18,21-24H,1-2,5-10,13-16,19-20H2,(H,33,35,37)(H,34,36,38). The molecule has 4 fully saturated rings. The van der Waals surface area contributed by atoms with Gasteiger partial charge >= 0.3 is 0 Å². The molecule has 4 amide bonds. The summed E-state index contributed by atoms with van der Waals surface area (Å²) in [7, 11) is 0. The zero-order valence-electron chi connectivity index (χ0n) is 22.3. The van der Waals surface area contributed by atoms with E-state index < -0.39 is 10.8 Å². The summed E-state index contributed by atoms with van der Waals surface area (Å²) in [6, 6.07) is 0. The van der Waals surface area contributed by atoms with Gasteiger partial charge in [-0.3, -0.25) is 29.8 Å². The molecule has 8 atom stereocenters. The van der Waals surface area contributed by atoms with Crippen molar-refractivity contribution in [2.24, 2.45) is 45.3 Å². The van der Waals surface area contributed by atoms with Crippen LogP contribution in [0.25, 0.3) is 0 Å². The number of rotatable bonds is 13. The minimum atomic E-state index is -0.626. The molecule has 6 rings (SSSR count). The molecule has 0 radical (unpaired) electrons. The molecule has 0 aromatic carbocycles. The maximum atomic E-state index is 13.2. The second-order valence-corrected chi connectivity index (χ2v) is 12.9. The molecule has 6 nitrogen and oxygen atoms in total. The quantitative estimate of drug-likeness (QED) is 0.206. The van der Waals surface area contributed by atoms with Crippen molar-refractivity contribution in [3.8, 4) is 0 Å². The van der Waals surface area contributed by atoms with Crippen molar-refractivity contribution >= 4 is 23.6 Å². The van der Waals surface area contributed by atoms with E-state index >= 15 is 0 Å². The van der Waals surface area contributed by atoms with Crippen LogP contribution in [0, 0.1) is 45.3 Å². The lowest BCUT2D eigenvalue weighted by molar-refractivity contribution is -0.135. The van der Waals surface area contributed by atoms with Gasteiger partial charge in [-0.05, 0) is 63.2 Å². The van der Waals surface area contributed by atoms with Crippen molar-refractivity contribution in [1.82, 2.24) is 10.6 Å². The van der Waals surface area contributed by atoms with Gasteiger partial charge in [-0.1, -0.05) is 62.1 Å². The van der Waals surface area contributed by atoms with Crippen molar-refractivity contribution < 1.29 is 19.2 Å². The summed E-state index contributed by atoms with van der Waals surface area (Å²) in [4.78, 5) is 51.9. The van der Waals surface area contributed by atoms with Crippen LogP contribution in [0.4, 0.5) is 0 Å². The predicted octanol–water partition coefficient (Wildman–Crippen LogP) is 4.93. The Morgan fingerprint density at radius 1 is 0.684 bits per heavy atom. The Bertz CT molecular complexity index is 1080. The molecule has 6 heteroatoms. The minimum Gasteiger partial charge on any atom is -0.296 e. The van der Waals surface area contributed by atoms with Crippen molar-refractivity contribution in [2.75, 3.05) is 0 Å². The maximum Gasteiger partial charge on any atom is 0.234 e. The summed E-state index contributed by atoms with van der Waals surface area (Å²) in [5.74, 6) is -0.475. The smallest absolute Gasteiger partial charge is 0.234 e. The normalized spacial score (nSPS) is 43.1. The third-order valence-electron chi connectivity index (χ3n) is 11.6. The number of amides is 4. The van der Waals surface area contributed by atoms with Crippen LogP contribution in [0.1, 0.15) is 77.0 Å². The van der Waals surface area contributed by atoms with E-state index in [9.17, 15) is 19.2 Å². The van der Waals surface area contributed by atoms with Crippen LogP contribution in [0.15, 0.2) is 49.6 Å². The van der Waals surface area contributed by atoms with Gasteiger partial charge in [-0.25, -0.2) is 0 Å². The zero-order chi connectivity index (χ0) is 26.8. The Labute approximate surface area is 225 Å². The third kappa shape index (κ3) is 3.06. The van der Waals surface area contributed by atoms with E-state index in [0.717, 1.165) is 64.2 Å². The Hall–Kier alpha value is -2.76. The molecule has 0 aromatic rings. The van der Waals surface area contributed by atoms with Crippen molar-refractivity contribution in [2.45, 2.75) is 77.0 Å². The summed E-state index contributed by atoms with van der Waals surface area (Å²) in [5.41, 5.74) is -1.73. The molecule has 202 valence electrons. The Morgan fingerprint density at radius 3 is 1.50 bits per heavy atom. The van der Waals surface area contributed by atoms with Gasteiger partial charge in [0.15, 0.2) is 0 Å². The summed E-state index contributed by atoms with van der Waals surface area (Å²) in [6.07, 6.45) is 23.2. The highest BCUT2D eigenvalue weighted by atomic mass is 16.2. The summed E-state index contributed by atoms with van der Waals surface area (Å²) >= 11 is 0. The van der Waals surface area contributed by atoms with Gasteiger partial charge in [0.2, 0.25) is 23.6 Å². The second kappa shape index (κ2) is 8.89. The third-order valence-corrected chi connectivity index (χ3v) is 11.6. The van der Waals surface area contributed by atoms with Gasteiger partial charge in [0.05, 0.1) is 22.7 Å². The first kappa shape index (κ1) is 25.5. The highest BCUT2D eigenvalue weighted by molar-refractivity contribution is 6.10. The molecule has 4 aliphatic carbocycles. The Morgan fingerprint density at radius 2 is 1.11 bits per heavy atom. The number of hydrogen-bond donors (Lipinski definition) is 2. The topological polar surface area (TPSA) is 92.3 Å². The van der Waals surface area contributed by atoms with Gasteiger partial charge in [0.25, 0.3) is 0 Å². The van der Waals surface area contributed by atoms with Crippen LogP contribution in [-0.2, 0) is 19.2 Å². The number of nitrogens with one attached hydrogen (secondary N) is 2. The number of carbonyl (C=O) groups is 4. The van der Waals surface area contributed by atoms with E-state index in [4.69, 9.17) is 0 Å². The summed E-state index contributed by atoms with van der Waals surface area (Å²) in [6.45, 7) is 7.74. The average Bonchev–Trinajstić information content (AvgIpc) is 3.70. The van der Waals surface area contributed by atoms with Crippen LogP contribution in [0.5, 0.6) is 0 Å². The lowest BCUT2D eigenvalue weighted by Gasteiger charge is -2.43. The van der Waals surface area contributed by atoms with Gasteiger partial charge in [-0.2, -0.15) is 0 Å². The first-order valence-corrected chi connectivity index (χ1v) is 14.6. The van der Waals surface area contributed by atoms with Crippen LogP contribution in [0.3, 0.4) is 0 Å². The molecule has 2 saturated carbocycles. The highest BCUT2D eigenvalue weighted by Crippen LogP contribution is 2.71. The van der Waals surface area contributed by atoms with Gasteiger partial charge in [0.1, 0.15) is 0 Å². The predicted molar refractivity (Wildman–Crippen MR) is 144 cm³/mol. The molecule has 38 heavy (non-hydrogen) atoms. The highest BCUT2D eigenvalue weighted by Gasteiger charge is 2.73. The number of unbranched alkanes of at least 4 members (excludes halogenated alkanes) is 3. The second-order valence-electron chi connectivity index (χ2n) is 12.9. The summed E-state index contributed by atoms with van der Waals surface area (Å²) in [5, 5.41) is 5.34. The van der Waals surface area contributed by atoms with Crippen LogP contribution < -0.4 is 10.6 Å². The number of hydrogen-bond acceptors (Lipinski definition) is 4. The Balaban J connectivity index is 1.10. The number of allylic oxidation sites excluding steroid dienone is 6. The largest absolute Gasteiger partial charge is 0.296 e.